The Hall–Kier alpha value is -2.09. The van der Waals surface area contributed by atoms with Crippen LogP contribution in [-0.4, -0.2) is 39.2 Å². The molecule has 0 bridgehead atoms. The zero-order valence-corrected chi connectivity index (χ0v) is 16.0. The number of esters is 1. The van der Waals surface area contributed by atoms with Crippen LogP contribution in [0.25, 0.3) is 0 Å². The number of rotatable bonds is 7. The van der Waals surface area contributed by atoms with Gasteiger partial charge in [0.25, 0.3) is 5.91 Å². The van der Waals surface area contributed by atoms with Crippen LogP contribution in [0, 0.1) is 5.92 Å². The molecule has 8 heteroatoms. The van der Waals surface area contributed by atoms with Gasteiger partial charge in [-0.2, -0.15) is 0 Å². The van der Waals surface area contributed by atoms with Gasteiger partial charge in [0.1, 0.15) is 0 Å². The number of hydrogen-bond donors (Lipinski definition) is 2. The van der Waals surface area contributed by atoms with E-state index in [4.69, 9.17) is 4.74 Å². The lowest BCUT2D eigenvalue weighted by atomic mass is 9.89. The number of anilines is 1. The van der Waals surface area contributed by atoms with Crippen molar-refractivity contribution in [3.05, 3.63) is 29.8 Å². The van der Waals surface area contributed by atoms with Gasteiger partial charge in [-0.15, -0.1) is 0 Å². The summed E-state index contributed by atoms with van der Waals surface area (Å²) >= 11 is 0. The molecular formula is C18H26N2O5S. The van der Waals surface area contributed by atoms with E-state index in [-0.39, 0.29) is 17.2 Å². The van der Waals surface area contributed by atoms with E-state index in [0.717, 1.165) is 19.1 Å². The Labute approximate surface area is 154 Å². The van der Waals surface area contributed by atoms with Crippen LogP contribution in [0.5, 0.6) is 0 Å². The van der Waals surface area contributed by atoms with E-state index in [0.29, 0.717) is 12.5 Å². The molecule has 1 atom stereocenters. The maximum absolute atomic E-state index is 12.3. The summed E-state index contributed by atoms with van der Waals surface area (Å²) in [6.07, 6.45) is 5.88. The summed E-state index contributed by atoms with van der Waals surface area (Å²) in [6, 6.07) is 6.11. The van der Waals surface area contributed by atoms with Gasteiger partial charge in [-0.05, 0) is 37.8 Å². The smallest absolute Gasteiger partial charge is 0.341 e. The minimum Gasteiger partial charge on any atom is -0.449 e. The quantitative estimate of drug-likeness (QED) is 0.705. The highest BCUT2D eigenvalue weighted by molar-refractivity contribution is 7.92. The van der Waals surface area contributed by atoms with E-state index < -0.39 is 22.1 Å². The first-order valence-electron chi connectivity index (χ1n) is 8.82. The largest absolute Gasteiger partial charge is 0.449 e. The van der Waals surface area contributed by atoms with Crippen molar-refractivity contribution in [1.29, 1.82) is 0 Å². The fourth-order valence-electron chi connectivity index (χ4n) is 3.01. The van der Waals surface area contributed by atoms with E-state index in [2.05, 4.69) is 10.0 Å². The Bertz CT molecular complexity index is 742. The fourth-order valence-corrected chi connectivity index (χ4v) is 3.58. The standard InChI is InChI=1S/C18H26N2O5S/c1-13(17(21)19-12-14-8-4-3-5-9-14)25-18(22)15-10-6-7-11-16(15)20-26(2,23)24/h6-7,10-11,13-14,20H,3-5,8-9,12H2,1-2H3,(H,19,21)/t13-/m1/s1. The summed E-state index contributed by atoms with van der Waals surface area (Å²) in [6.45, 7) is 2.09. The summed E-state index contributed by atoms with van der Waals surface area (Å²) in [5.74, 6) is -0.621. The van der Waals surface area contributed by atoms with E-state index in [1.54, 1.807) is 12.1 Å². The lowest BCUT2D eigenvalue weighted by molar-refractivity contribution is -0.129. The van der Waals surface area contributed by atoms with Crippen molar-refractivity contribution in [2.75, 3.05) is 17.5 Å². The normalized spacial score (nSPS) is 16.5. The van der Waals surface area contributed by atoms with E-state index in [1.165, 1.54) is 38.3 Å². The molecule has 1 fully saturated rings. The van der Waals surface area contributed by atoms with E-state index in [9.17, 15) is 18.0 Å². The summed E-state index contributed by atoms with van der Waals surface area (Å²) in [4.78, 5) is 24.5. The van der Waals surface area contributed by atoms with Crippen LogP contribution in [0.15, 0.2) is 24.3 Å². The molecule has 1 aromatic rings. The molecule has 2 N–H and O–H groups in total. The first kappa shape index (κ1) is 20.2. The van der Waals surface area contributed by atoms with Gasteiger partial charge in [0.2, 0.25) is 10.0 Å². The molecule has 0 saturated heterocycles. The highest BCUT2D eigenvalue weighted by atomic mass is 32.2. The number of amides is 1. The second-order valence-electron chi connectivity index (χ2n) is 6.72. The molecule has 0 aliphatic heterocycles. The molecule has 0 spiro atoms. The second kappa shape index (κ2) is 9.02. The van der Waals surface area contributed by atoms with Crippen LogP contribution >= 0.6 is 0 Å². The molecule has 1 amide bonds. The van der Waals surface area contributed by atoms with Crippen molar-refractivity contribution in [3.63, 3.8) is 0 Å². The lowest BCUT2D eigenvalue weighted by Gasteiger charge is -2.22. The molecule has 0 radical (unpaired) electrons. The van der Waals surface area contributed by atoms with Crippen LogP contribution in [-0.2, 0) is 19.6 Å². The molecule has 2 rings (SSSR count). The average Bonchev–Trinajstić information content (AvgIpc) is 2.59. The number of benzene rings is 1. The van der Waals surface area contributed by atoms with Gasteiger partial charge in [0, 0.05) is 6.54 Å². The van der Waals surface area contributed by atoms with Crippen LogP contribution in [0.1, 0.15) is 49.4 Å². The highest BCUT2D eigenvalue weighted by Gasteiger charge is 2.22. The summed E-state index contributed by atoms with van der Waals surface area (Å²) in [5.41, 5.74) is 0.180. The molecule has 0 heterocycles. The highest BCUT2D eigenvalue weighted by Crippen LogP contribution is 2.23. The molecule has 1 saturated carbocycles. The monoisotopic (exact) mass is 382 g/mol. The topological polar surface area (TPSA) is 102 Å². The predicted octanol–water partition coefficient (Wildman–Crippen LogP) is 2.30. The lowest BCUT2D eigenvalue weighted by Crippen LogP contribution is -2.38. The number of hydrogen-bond acceptors (Lipinski definition) is 5. The maximum Gasteiger partial charge on any atom is 0.341 e. The molecule has 0 aromatic heterocycles. The van der Waals surface area contributed by atoms with Gasteiger partial charge >= 0.3 is 5.97 Å². The fraction of sp³-hybridized carbons (Fsp3) is 0.556. The number of carbonyl (C=O) groups is 2. The molecule has 1 aromatic carbocycles. The molecular weight excluding hydrogens is 356 g/mol. The van der Waals surface area contributed by atoms with Crippen molar-refractivity contribution in [2.24, 2.45) is 5.92 Å². The van der Waals surface area contributed by atoms with Crippen molar-refractivity contribution in [1.82, 2.24) is 5.32 Å². The van der Waals surface area contributed by atoms with Crippen LogP contribution < -0.4 is 10.0 Å². The summed E-state index contributed by atoms with van der Waals surface area (Å²) in [7, 11) is -3.54. The molecule has 1 aliphatic rings. The van der Waals surface area contributed by atoms with Crippen LogP contribution in [0.4, 0.5) is 5.69 Å². The zero-order valence-electron chi connectivity index (χ0n) is 15.2. The van der Waals surface area contributed by atoms with Gasteiger partial charge in [-0.1, -0.05) is 31.4 Å². The summed E-state index contributed by atoms with van der Waals surface area (Å²) < 4.78 is 30.3. The van der Waals surface area contributed by atoms with Gasteiger partial charge in [-0.3, -0.25) is 9.52 Å². The van der Waals surface area contributed by atoms with Crippen LogP contribution in [0.3, 0.4) is 0 Å². The average molecular weight is 382 g/mol. The van der Waals surface area contributed by atoms with Crippen molar-refractivity contribution >= 4 is 27.6 Å². The molecule has 0 unspecified atom stereocenters. The Morgan fingerprint density at radius 1 is 1.19 bits per heavy atom. The molecule has 144 valence electrons. The Morgan fingerprint density at radius 3 is 2.50 bits per heavy atom. The van der Waals surface area contributed by atoms with Gasteiger partial charge in [-0.25, -0.2) is 13.2 Å². The Morgan fingerprint density at radius 2 is 1.85 bits per heavy atom. The molecule has 7 nitrogen and oxygen atoms in total. The van der Waals surface area contributed by atoms with Gasteiger partial charge in [0.05, 0.1) is 17.5 Å². The Kier molecular flexibility index (Phi) is 7.02. The van der Waals surface area contributed by atoms with Gasteiger partial charge in [0.15, 0.2) is 6.10 Å². The number of para-hydroxylation sites is 1. The third kappa shape index (κ3) is 6.33. The first-order valence-corrected chi connectivity index (χ1v) is 10.7. The SMILES string of the molecule is C[C@@H](OC(=O)c1ccccc1NS(C)(=O)=O)C(=O)NCC1CCCCC1. The number of carbonyl (C=O) groups excluding carboxylic acids is 2. The van der Waals surface area contributed by atoms with Crippen molar-refractivity contribution < 1.29 is 22.7 Å². The predicted molar refractivity (Wildman–Crippen MR) is 99.4 cm³/mol. The minimum atomic E-state index is -3.54. The van der Waals surface area contributed by atoms with Gasteiger partial charge < -0.3 is 10.1 Å². The zero-order chi connectivity index (χ0) is 19.2. The third-order valence-corrected chi connectivity index (χ3v) is 4.98. The van der Waals surface area contributed by atoms with Crippen LogP contribution in [0.2, 0.25) is 0 Å². The summed E-state index contributed by atoms with van der Waals surface area (Å²) in [5, 5.41) is 2.83. The number of nitrogens with one attached hydrogen (secondary N) is 2. The van der Waals surface area contributed by atoms with E-state index >= 15 is 0 Å². The first-order chi connectivity index (χ1) is 12.3. The Balaban J connectivity index is 1.93. The van der Waals surface area contributed by atoms with E-state index in [1.807, 2.05) is 0 Å². The van der Waals surface area contributed by atoms with Crippen molar-refractivity contribution in [3.8, 4) is 0 Å². The maximum atomic E-state index is 12.3. The number of sulfonamides is 1. The number of ether oxygens (including phenoxy) is 1. The van der Waals surface area contributed by atoms with Crippen molar-refractivity contribution in [2.45, 2.75) is 45.1 Å². The molecule has 1 aliphatic carbocycles. The molecule has 26 heavy (non-hydrogen) atoms. The third-order valence-electron chi connectivity index (χ3n) is 4.39. The second-order valence-corrected chi connectivity index (χ2v) is 8.46. The minimum absolute atomic E-state index is 0.0601.